The van der Waals surface area contributed by atoms with Crippen LogP contribution in [-0.2, 0) is 0 Å². The first-order valence-corrected chi connectivity index (χ1v) is 17.3. The fourth-order valence-corrected chi connectivity index (χ4v) is 7.55. The molecule has 0 saturated carbocycles. The summed E-state index contributed by atoms with van der Waals surface area (Å²) >= 11 is 3.11. The summed E-state index contributed by atoms with van der Waals surface area (Å²) in [5, 5.41) is 23.1. The molecule has 1 fully saturated rings. The molecule has 6 rings (SSSR count). The third-order valence-corrected chi connectivity index (χ3v) is 10.2. The Morgan fingerprint density at radius 3 is 2.70 bits per heavy atom. The average molecular weight is 650 g/mol. The van der Waals surface area contributed by atoms with Crippen LogP contribution in [0, 0.1) is 11.3 Å². The van der Waals surface area contributed by atoms with Gasteiger partial charge in [-0.15, -0.1) is 23.1 Å². The standard InChI is InChI=1S/C36H35N5O3S2/c1-45-35-31(23-37)33(25-9-5-15-30(21-25)44-28-12-3-2-4-13-28)34(46-35)32-16-17-38-36(40-32)39-26-10-6-14-29(22-26)43-20-8-19-41-18-7-11-27(41)24-42/h2-6,9-10,12-17,21-22,27,42H,7-8,11,18-20,24H2,1H3,(H,38,39,40)/t27-/m0/s1. The molecule has 0 amide bonds. The van der Waals surface area contributed by atoms with Gasteiger partial charge in [-0.2, -0.15) is 5.26 Å². The van der Waals surface area contributed by atoms with Crippen LogP contribution in [0.15, 0.2) is 95.3 Å². The molecule has 1 aliphatic heterocycles. The van der Waals surface area contributed by atoms with E-state index in [1.807, 2.05) is 91.2 Å². The largest absolute Gasteiger partial charge is 0.493 e. The molecule has 0 unspecified atom stereocenters. The number of benzene rings is 3. The molecule has 0 radical (unpaired) electrons. The average Bonchev–Trinajstić information content (AvgIpc) is 3.72. The van der Waals surface area contributed by atoms with Crippen molar-refractivity contribution in [3.05, 3.63) is 96.7 Å². The number of anilines is 2. The normalized spacial score (nSPS) is 14.6. The summed E-state index contributed by atoms with van der Waals surface area (Å²) in [7, 11) is 0. The van der Waals surface area contributed by atoms with Crippen LogP contribution in [0.2, 0.25) is 0 Å². The number of ether oxygens (including phenoxy) is 2. The summed E-state index contributed by atoms with van der Waals surface area (Å²) in [5.41, 5.74) is 3.87. The molecule has 234 valence electrons. The first kappa shape index (κ1) is 31.6. The van der Waals surface area contributed by atoms with Crippen LogP contribution >= 0.6 is 23.1 Å². The van der Waals surface area contributed by atoms with E-state index in [1.54, 1.807) is 29.3 Å². The lowest BCUT2D eigenvalue weighted by molar-refractivity contribution is 0.150. The highest BCUT2D eigenvalue weighted by molar-refractivity contribution is 8.00. The minimum absolute atomic E-state index is 0.223. The summed E-state index contributed by atoms with van der Waals surface area (Å²) in [6, 6.07) is 29.8. The Kier molecular flexibility index (Phi) is 10.5. The number of aromatic nitrogens is 2. The number of para-hydroxylation sites is 1. The number of aliphatic hydroxyl groups is 1. The van der Waals surface area contributed by atoms with E-state index in [-0.39, 0.29) is 12.6 Å². The second-order valence-electron chi connectivity index (χ2n) is 10.9. The van der Waals surface area contributed by atoms with Crippen LogP contribution < -0.4 is 14.8 Å². The minimum atomic E-state index is 0.223. The van der Waals surface area contributed by atoms with Gasteiger partial charge in [0.2, 0.25) is 5.95 Å². The van der Waals surface area contributed by atoms with Gasteiger partial charge in [0, 0.05) is 36.1 Å². The second kappa shape index (κ2) is 15.3. The lowest BCUT2D eigenvalue weighted by Gasteiger charge is -2.22. The number of nitriles is 1. The molecular formula is C36H35N5O3S2. The Balaban J connectivity index is 1.20. The van der Waals surface area contributed by atoms with Crippen molar-refractivity contribution in [3.8, 4) is 45.0 Å². The number of thioether (sulfide) groups is 1. The fraction of sp³-hybridized carbons (Fsp3) is 0.250. The highest BCUT2D eigenvalue weighted by Gasteiger charge is 2.23. The number of thiophene rings is 1. The lowest BCUT2D eigenvalue weighted by atomic mass is 10.0. The number of nitrogens with one attached hydrogen (secondary N) is 1. The Bertz CT molecular complexity index is 1810. The maximum atomic E-state index is 10.2. The van der Waals surface area contributed by atoms with E-state index in [4.69, 9.17) is 14.5 Å². The first-order chi connectivity index (χ1) is 22.6. The van der Waals surface area contributed by atoms with Crippen molar-refractivity contribution < 1.29 is 14.6 Å². The molecule has 0 aliphatic carbocycles. The fourth-order valence-electron chi connectivity index (χ4n) is 5.64. The lowest BCUT2D eigenvalue weighted by Crippen LogP contribution is -2.33. The molecule has 1 atom stereocenters. The molecule has 2 aromatic heterocycles. The summed E-state index contributed by atoms with van der Waals surface area (Å²) in [5.74, 6) is 2.65. The molecule has 0 bridgehead atoms. The maximum Gasteiger partial charge on any atom is 0.227 e. The zero-order chi connectivity index (χ0) is 31.7. The van der Waals surface area contributed by atoms with Gasteiger partial charge in [-0.05, 0) is 80.1 Å². The van der Waals surface area contributed by atoms with Crippen LogP contribution in [-0.4, -0.2) is 58.6 Å². The smallest absolute Gasteiger partial charge is 0.227 e. The number of likely N-dealkylation sites (tertiary alicyclic amines) is 1. The SMILES string of the molecule is CSc1sc(-c2ccnc(Nc3cccc(OCCCN4CCC[C@H]4CO)c3)n2)c(-c2cccc(Oc3ccccc3)c2)c1C#N. The molecule has 10 heteroatoms. The van der Waals surface area contributed by atoms with Crippen molar-refractivity contribution in [1.29, 1.82) is 5.26 Å². The predicted molar refractivity (Wildman–Crippen MR) is 185 cm³/mol. The van der Waals surface area contributed by atoms with Crippen molar-refractivity contribution in [2.24, 2.45) is 0 Å². The van der Waals surface area contributed by atoms with Gasteiger partial charge in [-0.3, -0.25) is 4.90 Å². The Labute approximate surface area is 277 Å². The summed E-state index contributed by atoms with van der Waals surface area (Å²) in [6.07, 6.45) is 6.82. The van der Waals surface area contributed by atoms with Gasteiger partial charge in [0.15, 0.2) is 0 Å². The highest BCUT2D eigenvalue weighted by atomic mass is 32.2. The van der Waals surface area contributed by atoms with Crippen LogP contribution in [0.3, 0.4) is 0 Å². The van der Waals surface area contributed by atoms with Crippen molar-refractivity contribution in [2.75, 3.05) is 37.9 Å². The van der Waals surface area contributed by atoms with Gasteiger partial charge in [-0.1, -0.05) is 36.4 Å². The summed E-state index contributed by atoms with van der Waals surface area (Å²) in [6.45, 7) is 2.79. The quantitative estimate of drug-likeness (QED) is 0.0964. The Morgan fingerprint density at radius 2 is 1.87 bits per heavy atom. The zero-order valence-corrected chi connectivity index (χ0v) is 27.2. The Morgan fingerprint density at radius 1 is 1.04 bits per heavy atom. The van der Waals surface area contributed by atoms with Gasteiger partial charge in [0.25, 0.3) is 0 Å². The first-order valence-electron chi connectivity index (χ1n) is 15.3. The van der Waals surface area contributed by atoms with E-state index in [0.29, 0.717) is 23.9 Å². The zero-order valence-electron chi connectivity index (χ0n) is 25.6. The van der Waals surface area contributed by atoms with Crippen LogP contribution in [0.4, 0.5) is 11.6 Å². The molecule has 1 saturated heterocycles. The molecule has 1 aliphatic rings. The number of hydrogen-bond donors (Lipinski definition) is 2. The Hall–Kier alpha value is -4.40. The maximum absolute atomic E-state index is 10.2. The molecule has 8 nitrogen and oxygen atoms in total. The second-order valence-corrected chi connectivity index (χ2v) is 13.0. The van der Waals surface area contributed by atoms with Crippen LogP contribution in [0.1, 0.15) is 24.8 Å². The van der Waals surface area contributed by atoms with Crippen molar-refractivity contribution in [1.82, 2.24) is 14.9 Å². The van der Waals surface area contributed by atoms with Crippen LogP contribution in [0.5, 0.6) is 17.2 Å². The van der Waals surface area contributed by atoms with Gasteiger partial charge in [0.05, 0.1) is 33.6 Å². The molecule has 3 heterocycles. The van der Waals surface area contributed by atoms with Gasteiger partial charge < -0.3 is 19.9 Å². The third kappa shape index (κ3) is 7.52. The highest BCUT2D eigenvalue weighted by Crippen LogP contribution is 2.46. The summed E-state index contributed by atoms with van der Waals surface area (Å²) < 4.78 is 13.1. The van der Waals surface area contributed by atoms with Gasteiger partial charge in [0.1, 0.15) is 23.3 Å². The van der Waals surface area contributed by atoms with E-state index in [9.17, 15) is 10.4 Å². The minimum Gasteiger partial charge on any atom is -0.493 e. The predicted octanol–water partition coefficient (Wildman–Crippen LogP) is 8.23. The number of hydrogen-bond acceptors (Lipinski definition) is 10. The van der Waals surface area contributed by atoms with Crippen molar-refractivity contribution in [3.63, 3.8) is 0 Å². The monoisotopic (exact) mass is 649 g/mol. The third-order valence-electron chi connectivity index (χ3n) is 7.82. The van der Waals surface area contributed by atoms with Crippen molar-refractivity contribution >= 4 is 34.7 Å². The van der Waals surface area contributed by atoms with Gasteiger partial charge >= 0.3 is 0 Å². The van der Waals surface area contributed by atoms with E-state index < -0.39 is 0 Å². The van der Waals surface area contributed by atoms with E-state index in [2.05, 4.69) is 21.3 Å². The number of aliphatic hydroxyl groups excluding tert-OH is 1. The topological polar surface area (TPSA) is 104 Å². The molecule has 5 aromatic rings. The molecular weight excluding hydrogens is 615 g/mol. The van der Waals surface area contributed by atoms with Gasteiger partial charge in [-0.25, -0.2) is 9.97 Å². The van der Waals surface area contributed by atoms with Crippen molar-refractivity contribution in [2.45, 2.75) is 29.5 Å². The summed E-state index contributed by atoms with van der Waals surface area (Å²) in [4.78, 5) is 12.6. The number of rotatable bonds is 13. The molecule has 0 spiro atoms. The van der Waals surface area contributed by atoms with E-state index >= 15 is 0 Å². The van der Waals surface area contributed by atoms with Crippen LogP contribution in [0.25, 0.3) is 21.7 Å². The molecule has 3 aromatic carbocycles. The van der Waals surface area contributed by atoms with E-state index in [1.165, 1.54) is 0 Å². The van der Waals surface area contributed by atoms with E-state index in [0.717, 1.165) is 75.4 Å². The molecule has 2 N–H and O–H groups in total. The number of nitrogens with zero attached hydrogens (tertiary/aromatic N) is 4. The molecule has 46 heavy (non-hydrogen) atoms.